The van der Waals surface area contributed by atoms with Gasteiger partial charge in [0.05, 0.1) is 13.3 Å². The number of carbonyl (C=O) groups excluding carboxylic acids is 1. The van der Waals surface area contributed by atoms with Crippen molar-refractivity contribution in [3.63, 3.8) is 0 Å². The molecule has 1 rings (SSSR count). The molecule has 70 valence electrons. The second-order valence-electron chi connectivity index (χ2n) is 2.11. The predicted octanol–water partition coefficient (Wildman–Crippen LogP) is -0.912. The zero-order valence-corrected chi connectivity index (χ0v) is 7.18. The average molecular weight is 184 g/mol. The summed E-state index contributed by atoms with van der Waals surface area (Å²) in [6, 6.07) is 1.17. The Morgan fingerprint density at radius 3 is 2.77 bits per heavy atom. The van der Waals surface area contributed by atoms with Gasteiger partial charge in [-0.25, -0.2) is 4.79 Å². The number of esters is 1. The lowest BCUT2D eigenvalue weighted by atomic mass is 10.4. The van der Waals surface area contributed by atoms with Gasteiger partial charge in [0.1, 0.15) is 7.11 Å². The molecule has 6 nitrogen and oxygen atoms in total. The van der Waals surface area contributed by atoms with E-state index >= 15 is 0 Å². The Hall–Kier alpha value is -1.85. The average Bonchev–Trinajstić information content (AvgIpc) is 2.17. The van der Waals surface area contributed by atoms with Crippen LogP contribution in [0.15, 0.2) is 17.1 Å². The number of hydrogen-bond acceptors (Lipinski definition) is 5. The molecule has 0 N–H and O–H groups in total. The summed E-state index contributed by atoms with van der Waals surface area (Å²) in [5, 5.41) is 3.57. The Kier molecular flexibility index (Phi) is 2.63. The van der Waals surface area contributed by atoms with Gasteiger partial charge in [0.2, 0.25) is 11.1 Å². The number of rotatable bonds is 2. The molecule has 0 aliphatic rings. The Bertz CT molecular complexity index is 371. The molecule has 0 unspecified atom stereocenters. The molecule has 0 aliphatic heterocycles. The molecular weight excluding hydrogens is 176 g/mol. The molecule has 0 amide bonds. The maximum absolute atomic E-state index is 11.1. The molecule has 13 heavy (non-hydrogen) atoms. The first-order valence-corrected chi connectivity index (χ1v) is 3.42. The van der Waals surface area contributed by atoms with Gasteiger partial charge in [-0.3, -0.25) is 4.79 Å². The molecule has 0 radical (unpaired) electrons. The van der Waals surface area contributed by atoms with Crippen LogP contribution in [-0.4, -0.2) is 30.1 Å². The maximum Gasteiger partial charge on any atom is 0.362 e. The highest BCUT2D eigenvalue weighted by molar-refractivity contribution is 5.86. The van der Waals surface area contributed by atoms with Crippen molar-refractivity contribution in [1.29, 1.82) is 0 Å². The molecule has 0 atom stereocenters. The van der Waals surface area contributed by atoms with E-state index in [1.54, 1.807) is 0 Å². The largest absolute Gasteiger partial charge is 0.464 e. The van der Waals surface area contributed by atoms with Gasteiger partial charge in [0.15, 0.2) is 0 Å². The lowest BCUT2D eigenvalue weighted by Gasteiger charge is -2.02. The van der Waals surface area contributed by atoms with Crippen LogP contribution in [0.4, 0.5) is 0 Å². The monoisotopic (exact) mass is 184 g/mol. The number of nitrogens with zero attached hydrogens (tertiary/aromatic N) is 2. The minimum Gasteiger partial charge on any atom is -0.464 e. The van der Waals surface area contributed by atoms with Crippen molar-refractivity contribution in [3.05, 3.63) is 28.2 Å². The van der Waals surface area contributed by atoms with Gasteiger partial charge < -0.3 is 9.57 Å². The summed E-state index contributed by atoms with van der Waals surface area (Å²) < 4.78 is 4.35. The third-order valence-corrected chi connectivity index (χ3v) is 1.35. The van der Waals surface area contributed by atoms with Crippen LogP contribution in [0.3, 0.4) is 0 Å². The van der Waals surface area contributed by atoms with Gasteiger partial charge in [-0.1, -0.05) is 0 Å². The van der Waals surface area contributed by atoms with Crippen molar-refractivity contribution in [1.82, 2.24) is 9.94 Å². The number of ether oxygens (including phenoxy) is 1. The third kappa shape index (κ3) is 1.84. The summed E-state index contributed by atoms with van der Waals surface area (Å²) in [5.74, 6) is -0.781. The zero-order chi connectivity index (χ0) is 9.84. The van der Waals surface area contributed by atoms with E-state index in [0.29, 0.717) is 0 Å². The van der Waals surface area contributed by atoms with Gasteiger partial charge in [-0.15, -0.1) is 9.94 Å². The van der Waals surface area contributed by atoms with Crippen LogP contribution in [0.5, 0.6) is 0 Å². The van der Waals surface area contributed by atoms with Gasteiger partial charge in [0, 0.05) is 6.07 Å². The first kappa shape index (κ1) is 9.24. The van der Waals surface area contributed by atoms with Gasteiger partial charge in [-0.2, -0.15) is 0 Å². The van der Waals surface area contributed by atoms with E-state index in [0.717, 1.165) is 4.85 Å². The quantitative estimate of drug-likeness (QED) is 0.556. The summed E-state index contributed by atoms with van der Waals surface area (Å²) in [4.78, 5) is 27.7. The van der Waals surface area contributed by atoms with Crippen molar-refractivity contribution in [2.75, 3.05) is 14.2 Å². The van der Waals surface area contributed by atoms with Crippen LogP contribution in [-0.2, 0) is 4.74 Å². The Morgan fingerprint density at radius 2 is 2.23 bits per heavy atom. The van der Waals surface area contributed by atoms with Crippen LogP contribution in [0.2, 0.25) is 0 Å². The second-order valence-corrected chi connectivity index (χ2v) is 2.11. The molecule has 6 heteroatoms. The van der Waals surface area contributed by atoms with Crippen LogP contribution < -0.4 is 10.3 Å². The lowest BCUT2D eigenvalue weighted by molar-refractivity contribution is 0.0572. The molecular formula is C7H8N2O4. The molecule has 0 saturated heterocycles. The lowest BCUT2D eigenvalue weighted by Crippen LogP contribution is -2.24. The van der Waals surface area contributed by atoms with Crippen molar-refractivity contribution in [2.45, 2.75) is 0 Å². The topological polar surface area (TPSA) is 70.4 Å². The fourth-order valence-corrected chi connectivity index (χ4v) is 0.731. The highest BCUT2D eigenvalue weighted by Crippen LogP contribution is 1.87. The van der Waals surface area contributed by atoms with E-state index in [1.807, 2.05) is 0 Å². The first-order valence-electron chi connectivity index (χ1n) is 3.42. The van der Waals surface area contributed by atoms with Crippen LogP contribution in [0, 0.1) is 0 Å². The van der Waals surface area contributed by atoms with Crippen LogP contribution >= 0.6 is 0 Å². The molecule has 0 spiro atoms. The number of aromatic nitrogens is 2. The van der Waals surface area contributed by atoms with Crippen molar-refractivity contribution < 1.29 is 14.4 Å². The highest BCUT2D eigenvalue weighted by Gasteiger charge is 2.12. The smallest absolute Gasteiger partial charge is 0.362 e. The molecule has 0 bridgehead atoms. The SMILES string of the molecule is COC(=O)c1nn(OC)ccc1=O. The molecule has 1 heterocycles. The van der Waals surface area contributed by atoms with E-state index in [-0.39, 0.29) is 5.69 Å². The molecule has 1 aromatic heterocycles. The van der Waals surface area contributed by atoms with E-state index in [9.17, 15) is 9.59 Å². The fourth-order valence-electron chi connectivity index (χ4n) is 0.731. The predicted molar refractivity (Wildman–Crippen MR) is 42.3 cm³/mol. The Balaban J connectivity index is 3.19. The van der Waals surface area contributed by atoms with Crippen molar-refractivity contribution in [3.8, 4) is 0 Å². The number of carbonyl (C=O) groups is 1. The summed E-state index contributed by atoms with van der Waals surface area (Å²) >= 11 is 0. The molecule has 0 aliphatic carbocycles. The Labute approximate surface area is 73.6 Å². The molecule has 0 fully saturated rings. The maximum atomic E-state index is 11.1. The van der Waals surface area contributed by atoms with Crippen LogP contribution in [0.25, 0.3) is 0 Å². The minimum atomic E-state index is -0.781. The molecule has 0 saturated carbocycles. The summed E-state index contributed by atoms with van der Waals surface area (Å²) in [7, 11) is 2.53. The van der Waals surface area contributed by atoms with E-state index in [1.165, 1.54) is 26.5 Å². The molecule has 1 aromatic rings. The fraction of sp³-hybridized carbons (Fsp3) is 0.286. The number of hydrogen-bond donors (Lipinski definition) is 0. The van der Waals surface area contributed by atoms with Gasteiger partial charge >= 0.3 is 5.97 Å². The summed E-state index contributed by atoms with van der Waals surface area (Å²) in [5.41, 5.74) is -0.799. The van der Waals surface area contributed by atoms with E-state index in [4.69, 9.17) is 0 Å². The zero-order valence-electron chi connectivity index (χ0n) is 7.18. The van der Waals surface area contributed by atoms with Crippen molar-refractivity contribution >= 4 is 5.97 Å². The summed E-state index contributed by atoms with van der Waals surface area (Å²) in [6.07, 6.45) is 1.30. The van der Waals surface area contributed by atoms with E-state index in [2.05, 4.69) is 14.7 Å². The normalized spacial score (nSPS) is 9.38. The minimum absolute atomic E-state index is 0.299. The summed E-state index contributed by atoms with van der Waals surface area (Å²) in [6.45, 7) is 0. The molecule has 0 aromatic carbocycles. The standard InChI is InChI=1S/C7H8N2O4/c1-12-7(11)6-5(10)3-4-9(8-6)13-2/h3-4H,1-2H3. The number of methoxy groups -OCH3 is 1. The second kappa shape index (κ2) is 3.70. The van der Waals surface area contributed by atoms with Gasteiger partial charge in [-0.05, 0) is 0 Å². The van der Waals surface area contributed by atoms with E-state index < -0.39 is 11.4 Å². The first-order chi connectivity index (χ1) is 6.19. The third-order valence-electron chi connectivity index (χ3n) is 1.35. The Morgan fingerprint density at radius 1 is 1.54 bits per heavy atom. The van der Waals surface area contributed by atoms with Crippen molar-refractivity contribution in [2.24, 2.45) is 0 Å². The van der Waals surface area contributed by atoms with Gasteiger partial charge in [0.25, 0.3) is 0 Å². The highest BCUT2D eigenvalue weighted by atomic mass is 16.7. The van der Waals surface area contributed by atoms with Crippen LogP contribution in [0.1, 0.15) is 10.5 Å².